The number of ether oxygens (including phenoxy) is 1. The summed E-state index contributed by atoms with van der Waals surface area (Å²) in [4.78, 5) is 17.6. The molecule has 4 rings (SSSR count). The van der Waals surface area contributed by atoms with E-state index in [2.05, 4.69) is 0 Å². The summed E-state index contributed by atoms with van der Waals surface area (Å²) in [5, 5.41) is 2.42. The molecule has 0 bridgehead atoms. The fourth-order valence-corrected chi connectivity index (χ4v) is 3.13. The van der Waals surface area contributed by atoms with Gasteiger partial charge in [-0.05, 0) is 42.5 Å². The highest BCUT2D eigenvalue weighted by Gasteiger charge is 2.14. The van der Waals surface area contributed by atoms with Crippen LogP contribution in [0.15, 0.2) is 66.7 Å². The lowest BCUT2D eigenvalue weighted by Crippen LogP contribution is -2.03. The minimum atomic E-state index is -0.0894. The minimum absolute atomic E-state index is 0.0894. The van der Waals surface area contributed by atoms with Gasteiger partial charge in [0, 0.05) is 26.9 Å². The first-order valence-electron chi connectivity index (χ1n) is 7.83. The van der Waals surface area contributed by atoms with Gasteiger partial charge in [0.25, 0.3) is 0 Å². The standard InChI is InChI=1S/C21H14ClNO2/c1-25-17-8-9-19-15(12-17)10-13-4-3-7-18(20(13)23-19)21(24)14-5-2-6-16(22)11-14/h2-12H,1H3. The largest absolute Gasteiger partial charge is 0.497 e. The van der Waals surface area contributed by atoms with E-state index in [0.29, 0.717) is 21.7 Å². The van der Waals surface area contributed by atoms with Crippen molar-refractivity contribution in [3.8, 4) is 5.75 Å². The second-order valence-electron chi connectivity index (χ2n) is 5.76. The van der Waals surface area contributed by atoms with E-state index >= 15 is 0 Å². The van der Waals surface area contributed by atoms with Crippen molar-refractivity contribution in [1.29, 1.82) is 0 Å². The summed E-state index contributed by atoms with van der Waals surface area (Å²) < 4.78 is 5.27. The van der Waals surface area contributed by atoms with Gasteiger partial charge in [-0.25, -0.2) is 4.98 Å². The van der Waals surface area contributed by atoms with Crippen molar-refractivity contribution in [2.45, 2.75) is 0 Å². The molecule has 0 saturated heterocycles. The van der Waals surface area contributed by atoms with Crippen LogP contribution in [-0.4, -0.2) is 17.9 Å². The summed E-state index contributed by atoms with van der Waals surface area (Å²) in [6.45, 7) is 0. The molecule has 0 unspecified atom stereocenters. The number of pyridine rings is 1. The van der Waals surface area contributed by atoms with Crippen LogP contribution in [0, 0.1) is 0 Å². The number of carbonyl (C=O) groups excluding carboxylic acids is 1. The zero-order valence-electron chi connectivity index (χ0n) is 13.5. The van der Waals surface area contributed by atoms with Crippen molar-refractivity contribution in [3.63, 3.8) is 0 Å². The Morgan fingerprint density at radius 2 is 1.80 bits per heavy atom. The normalized spacial score (nSPS) is 11.0. The number of fused-ring (bicyclic) bond motifs is 2. The molecular formula is C21H14ClNO2. The van der Waals surface area contributed by atoms with Gasteiger partial charge in [0.05, 0.1) is 18.1 Å². The zero-order chi connectivity index (χ0) is 17.4. The Kier molecular flexibility index (Phi) is 3.86. The number of methoxy groups -OCH3 is 1. The molecule has 0 saturated carbocycles. The smallest absolute Gasteiger partial charge is 0.195 e. The number of halogens is 1. The van der Waals surface area contributed by atoms with Crippen molar-refractivity contribution in [2.24, 2.45) is 0 Å². The van der Waals surface area contributed by atoms with Gasteiger partial charge < -0.3 is 4.74 Å². The first-order valence-corrected chi connectivity index (χ1v) is 8.21. The van der Waals surface area contributed by atoms with Crippen LogP contribution in [0.2, 0.25) is 5.02 Å². The maximum Gasteiger partial charge on any atom is 0.195 e. The van der Waals surface area contributed by atoms with E-state index in [1.54, 1.807) is 37.4 Å². The third kappa shape index (κ3) is 2.83. The first-order chi connectivity index (χ1) is 12.2. The van der Waals surface area contributed by atoms with Gasteiger partial charge in [-0.2, -0.15) is 0 Å². The van der Waals surface area contributed by atoms with E-state index in [4.69, 9.17) is 21.3 Å². The number of benzene rings is 3. The lowest BCUT2D eigenvalue weighted by Gasteiger charge is -2.08. The average Bonchev–Trinajstić information content (AvgIpc) is 2.64. The van der Waals surface area contributed by atoms with Gasteiger partial charge in [-0.15, -0.1) is 0 Å². The summed E-state index contributed by atoms with van der Waals surface area (Å²) in [6.07, 6.45) is 0. The third-order valence-corrected chi connectivity index (χ3v) is 4.41. The Morgan fingerprint density at radius 3 is 2.60 bits per heavy atom. The Bertz CT molecular complexity index is 1120. The maximum absolute atomic E-state index is 12.9. The van der Waals surface area contributed by atoms with Gasteiger partial charge >= 0.3 is 0 Å². The molecule has 0 aliphatic carbocycles. The summed E-state index contributed by atoms with van der Waals surface area (Å²) >= 11 is 6.02. The highest BCUT2D eigenvalue weighted by Crippen LogP contribution is 2.27. The van der Waals surface area contributed by atoms with Gasteiger partial charge in [-0.1, -0.05) is 35.9 Å². The molecule has 0 spiro atoms. The number of nitrogens with zero attached hydrogens (tertiary/aromatic N) is 1. The van der Waals surface area contributed by atoms with E-state index in [1.165, 1.54) is 0 Å². The van der Waals surface area contributed by atoms with Gasteiger partial charge in [-0.3, -0.25) is 4.79 Å². The minimum Gasteiger partial charge on any atom is -0.497 e. The van der Waals surface area contributed by atoms with Crippen molar-refractivity contribution >= 4 is 39.2 Å². The van der Waals surface area contributed by atoms with Crippen molar-refractivity contribution < 1.29 is 9.53 Å². The molecule has 4 heteroatoms. The number of para-hydroxylation sites is 1. The van der Waals surface area contributed by atoms with E-state index in [0.717, 1.165) is 22.0 Å². The molecule has 0 radical (unpaired) electrons. The lowest BCUT2D eigenvalue weighted by atomic mass is 9.99. The molecule has 0 amide bonds. The molecule has 0 aliphatic rings. The molecule has 3 aromatic carbocycles. The molecular weight excluding hydrogens is 334 g/mol. The molecule has 3 nitrogen and oxygen atoms in total. The fraction of sp³-hybridized carbons (Fsp3) is 0.0476. The molecule has 4 aromatic rings. The lowest BCUT2D eigenvalue weighted by molar-refractivity contribution is 0.104. The van der Waals surface area contributed by atoms with E-state index < -0.39 is 0 Å². The predicted molar refractivity (Wildman–Crippen MR) is 101 cm³/mol. The van der Waals surface area contributed by atoms with E-state index in [1.807, 2.05) is 36.4 Å². The number of carbonyl (C=O) groups is 1. The van der Waals surface area contributed by atoms with Crippen LogP contribution in [0.4, 0.5) is 0 Å². The Hall–Kier alpha value is -2.91. The molecule has 0 aliphatic heterocycles. The maximum atomic E-state index is 12.9. The van der Waals surface area contributed by atoms with E-state index in [-0.39, 0.29) is 5.78 Å². The average molecular weight is 348 g/mol. The highest BCUT2D eigenvalue weighted by atomic mass is 35.5. The number of rotatable bonds is 3. The predicted octanol–water partition coefficient (Wildman–Crippen LogP) is 5.28. The first kappa shape index (κ1) is 15.6. The molecule has 1 aromatic heterocycles. The molecule has 25 heavy (non-hydrogen) atoms. The zero-order valence-corrected chi connectivity index (χ0v) is 14.2. The summed E-state index contributed by atoms with van der Waals surface area (Å²) in [5.74, 6) is 0.688. The number of hydrogen-bond acceptors (Lipinski definition) is 3. The highest BCUT2D eigenvalue weighted by molar-refractivity contribution is 6.31. The monoisotopic (exact) mass is 347 g/mol. The number of hydrogen-bond donors (Lipinski definition) is 0. The van der Waals surface area contributed by atoms with Crippen LogP contribution in [0.3, 0.4) is 0 Å². The van der Waals surface area contributed by atoms with Crippen LogP contribution in [0.5, 0.6) is 5.75 Å². The molecule has 0 fully saturated rings. The second kappa shape index (κ2) is 6.19. The van der Waals surface area contributed by atoms with Crippen LogP contribution < -0.4 is 4.74 Å². The molecule has 1 heterocycles. The number of aromatic nitrogens is 1. The van der Waals surface area contributed by atoms with Gasteiger partial charge in [0.15, 0.2) is 5.78 Å². The molecule has 0 N–H and O–H groups in total. The number of ketones is 1. The van der Waals surface area contributed by atoms with Crippen LogP contribution >= 0.6 is 11.6 Å². The van der Waals surface area contributed by atoms with Crippen LogP contribution in [-0.2, 0) is 0 Å². The fourth-order valence-electron chi connectivity index (χ4n) is 2.94. The van der Waals surface area contributed by atoms with Crippen molar-refractivity contribution in [1.82, 2.24) is 4.98 Å². The summed E-state index contributed by atoms with van der Waals surface area (Å²) in [7, 11) is 1.64. The van der Waals surface area contributed by atoms with Crippen LogP contribution in [0.25, 0.3) is 21.8 Å². The van der Waals surface area contributed by atoms with Crippen molar-refractivity contribution in [2.75, 3.05) is 7.11 Å². The quantitative estimate of drug-likeness (QED) is 0.374. The second-order valence-corrected chi connectivity index (χ2v) is 6.20. The molecule has 122 valence electrons. The SMILES string of the molecule is COc1ccc2nc3c(C(=O)c4cccc(Cl)c4)cccc3cc2c1. The van der Waals surface area contributed by atoms with Crippen molar-refractivity contribution in [3.05, 3.63) is 82.9 Å². The van der Waals surface area contributed by atoms with Gasteiger partial charge in [0.1, 0.15) is 5.75 Å². The van der Waals surface area contributed by atoms with Crippen LogP contribution in [0.1, 0.15) is 15.9 Å². The third-order valence-electron chi connectivity index (χ3n) is 4.18. The topological polar surface area (TPSA) is 39.2 Å². The Balaban J connectivity index is 1.92. The van der Waals surface area contributed by atoms with Gasteiger partial charge in [0.2, 0.25) is 0 Å². The molecule has 0 atom stereocenters. The van der Waals surface area contributed by atoms with E-state index in [9.17, 15) is 4.79 Å². The Morgan fingerprint density at radius 1 is 0.960 bits per heavy atom. The summed E-state index contributed by atoms with van der Waals surface area (Å²) in [5.41, 5.74) is 2.62. The summed E-state index contributed by atoms with van der Waals surface area (Å²) in [6, 6.07) is 20.3. The Labute approximate surface area is 149 Å².